The van der Waals surface area contributed by atoms with Crippen molar-refractivity contribution in [2.75, 3.05) is 13.6 Å². The molecule has 1 N–H and O–H groups in total. The number of aromatic nitrogens is 1. The van der Waals surface area contributed by atoms with Gasteiger partial charge in [0.2, 0.25) is 5.91 Å². The second-order valence-corrected chi connectivity index (χ2v) is 4.88. The minimum atomic E-state index is -0.159. The highest BCUT2D eigenvalue weighted by Crippen LogP contribution is 2.29. The van der Waals surface area contributed by atoms with Gasteiger partial charge in [0.15, 0.2) is 0 Å². The molecule has 98 valence electrons. The molecule has 2 rings (SSSR count). The Morgan fingerprint density at radius 3 is 3.17 bits per heavy atom. The average molecular weight is 247 g/mol. The van der Waals surface area contributed by atoms with E-state index < -0.39 is 0 Å². The van der Waals surface area contributed by atoms with E-state index in [1.807, 2.05) is 33.2 Å². The van der Waals surface area contributed by atoms with E-state index in [9.17, 15) is 4.79 Å². The molecule has 4 nitrogen and oxygen atoms in total. The van der Waals surface area contributed by atoms with Crippen molar-refractivity contribution in [1.29, 1.82) is 0 Å². The fourth-order valence-corrected chi connectivity index (χ4v) is 2.43. The third-order valence-corrected chi connectivity index (χ3v) is 3.63. The summed E-state index contributed by atoms with van der Waals surface area (Å²) >= 11 is 0. The third kappa shape index (κ3) is 2.53. The molecular formula is C14H21N3O. The Morgan fingerprint density at radius 2 is 2.44 bits per heavy atom. The lowest BCUT2D eigenvalue weighted by Crippen LogP contribution is -2.44. The number of fused-ring (bicyclic) bond motifs is 1. The summed E-state index contributed by atoms with van der Waals surface area (Å²) < 4.78 is 0. The largest absolute Gasteiger partial charge is 0.345 e. The maximum atomic E-state index is 12.0. The van der Waals surface area contributed by atoms with E-state index in [2.05, 4.69) is 16.4 Å². The van der Waals surface area contributed by atoms with Gasteiger partial charge < -0.3 is 4.90 Å². The van der Waals surface area contributed by atoms with Gasteiger partial charge in [0, 0.05) is 19.8 Å². The molecule has 0 fully saturated rings. The summed E-state index contributed by atoms with van der Waals surface area (Å²) in [4.78, 5) is 18.2. The van der Waals surface area contributed by atoms with Crippen LogP contribution in [0.2, 0.25) is 0 Å². The van der Waals surface area contributed by atoms with Crippen LogP contribution >= 0.6 is 0 Å². The Hall–Kier alpha value is -1.42. The van der Waals surface area contributed by atoms with Gasteiger partial charge in [-0.3, -0.25) is 15.1 Å². The van der Waals surface area contributed by atoms with Crippen molar-refractivity contribution in [3.8, 4) is 0 Å². The zero-order valence-corrected chi connectivity index (χ0v) is 11.3. The first-order valence-corrected chi connectivity index (χ1v) is 6.58. The molecule has 0 saturated carbocycles. The molecular weight excluding hydrogens is 226 g/mol. The lowest BCUT2D eigenvalue weighted by atomic mass is 10.2. The Labute approximate surface area is 108 Å². The van der Waals surface area contributed by atoms with Gasteiger partial charge in [-0.2, -0.15) is 0 Å². The van der Waals surface area contributed by atoms with E-state index in [-0.39, 0.29) is 18.0 Å². The van der Waals surface area contributed by atoms with Crippen LogP contribution in [0.15, 0.2) is 18.3 Å². The standard InChI is InChI=1S/C14H21N3O/c1-4-17(3)14(18)10(2)16-12-8-7-11-6-5-9-15-13(11)12/h5-6,9-10,12,16H,4,7-8H2,1-3H3. The number of pyridine rings is 1. The third-order valence-electron chi connectivity index (χ3n) is 3.63. The Bertz CT molecular complexity index is 433. The lowest BCUT2D eigenvalue weighted by molar-refractivity contribution is -0.131. The maximum absolute atomic E-state index is 12.0. The molecule has 1 aromatic rings. The smallest absolute Gasteiger partial charge is 0.239 e. The topological polar surface area (TPSA) is 45.2 Å². The molecule has 0 spiro atoms. The molecule has 0 saturated heterocycles. The van der Waals surface area contributed by atoms with E-state index in [0.29, 0.717) is 0 Å². The van der Waals surface area contributed by atoms with Crippen LogP contribution in [-0.4, -0.2) is 35.4 Å². The SMILES string of the molecule is CCN(C)C(=O)C(C)NC1CCc2cccnc21. The van der Waals surface area contributed by atoms with Gasteiger partial charge in [-0.25, -0.2) is 0 Å². The van der Waals surface area contributed by atoms with Crippen molar-refractivity contribution in [1.82, 2.24) is 15.2 Å². The zero-order chi connectivity index (χ0) is 13.1. The molecule has 1 heterocycles. The van der Waals surface area contributed by atoms with Crippen molar-refractivity contribution in [2.45, 2.75) is 38.8 Å². The molecule has 4 heteroatoms. The van der Waals surface area contributed by atoms with Gasteiger partial charge >= 0.3 is 0 Å². The molecule has 0 aromatic carbocycles. The number of aryl methyl sites for hydroxylation is 1. The molecule has 2 unspecified atom stereocenters. The van der Waals surface area contributed by atoms with Crippen LogP contribution in [0.25, 0.3) is 0 Å². The maximum Gasteiger partial charge on any atom is 0.239 e. The quantitative estimate of drug-likeness (QED) is 0.877. The van der Waals surface area contributed by atoms with Crippen LogP contribution in [0.1, 0.15) is 37.6 Å². The van der Waals surface area contributed by atoms with Gasteiger partial charge in [0.05, 0.1) is 17.8 Å². The summed E-state index contributed by atoms with van der Waals surface area (Å²) in [5.41, 5.74) is 2.41. The summed E-state index contributed by atoms with van der Waals surface area (Å²) in [5, 5.41) is 3.40. The highest BCUT2D eigenvalue weighted by molar-refractivity contribution is 5.81. The molecule has 0 aliphatic heterocycles. The fraction of sp³-hybridized carbons (Fsp3) is 0.571. The number of nitrogens with one attached hydrogen (secondary N) is 1. The number of hydrogen-bond acceptors (Lipinski definition) is 3. The normalized spacial score (nSPS) is 19.4. The van der Waals surface area contributed by atoms with Crippen LogP contribution in [-0.2, 0) is 11.2 Å². The van der Waals surface area contributed by atoms with E-state index in [1.54, 1.807) is 4.90 Å². The van der Waals surface area contributed by atoms with Gasteiger partial charge in [0.1, 0.15) is 0 Å². The predicted octanol–water partition coefficient (Wildman–Crippen LogP) is 1.53. The van der Waals surface area contributed by atoms with E-state index in [4.69, 9.17) is 0 Å². The zero-order valence-electron chi connectivity index (χ0n) is 11.3. The Balaban J connectivity index is 2.01. The number of carbonyl (C=O) groups excluding carboxylic acids is 1. The van der Waals surface area contributed by atoms with Crippen molar-refractivity contribution < 1.29 is 4.79 Å². The Kier molecular flexibility index (Phi) is 3.97. The van der Waals surface area contributed by atoms with Crippen LogP contribution in [0, 0.1) is 0 Å². The average Bonchev–Trinajstić information content (AvgIpc) is 2.80. The molecule has 1 amide bonds. The second kappa shape index (κ2) is 5.48. The van der Waals surface area contributed by atoms with E-state index in [0.717, 1.165) is 25.1 Å². The monoisotopic (exact) mass is 247 g/mol. The second-order valence-electron chi connectivity index (χ2n) is 4.88. The number of likely N-dealkylation sites (N-methyl/N-ethyl adjacent to an activating group) is 1. The van der Waals surface area contributed by atoms with Crippen LogP contribution < -0.4 is 5.32 Å². The van der Waals surface area contributed by atoms with Crippen molar-refractivity contribution in [3.63, 3.8) is 0 Å². The van der Waals surface area contributed by atoms with Crippen molar-refractivity contribution in [2.24, 2.45) is 0 Å². The summed E-state index contributed by atoms with van der Waals surface area (Å²) in [7, 11) is 1.83. The lowest BCUT2D eigenvalue weighted by Gasteiger charge is -2.23. The number of amides is 1. The van der Waals surface area contributed by atoms with Crippen LogP contribution in [0.3, 0.4) is 0 Å². The summed E-state index contributed by atoms with van der Waals surface area (Å²) in [6, 6.07) is 4.15. The van der Waals surface area contributed by atoms with Crippen molar-refractivity contribution >= 4 is 5.91 Å². The minimum Gasteiger partial charge on any atom is -0.345 e. The summed E-state index contributed by atoms with van der Waals surface area (Å²) in [6.45, 7) is 4.65. The van der Waals surface area contributed by atoms with Crippen LogP contribution in [0.4, 0.5) is 0 Å². The molecule has 0 bridgehead atoms. The first kappa shape index (κ1) is 13.0. The first-order chi connectivity index (χ1) is 8.63. The molecule has 18 heavy (non-hydrogen) atoms. The highest BCUT2D eigenvalue weighted by atomic mass is 16.2. The number of hydrogen-bond donors (Lipinski definition) is 1. The van der Waals surface area contributed by atoms with Crippen LogP contribution in [0.5, 0.6) is 0 Å². The summed E-state index contributed by atoms with van der Waals surface area (Å²) in [5.74, 6) is 0.141. The Morgan fingerprint density at radius 1 is 1.67 bits per heavy atom. The number of nitrogens with zero attached hydrogens (tertiary/aromatic N) is 2. The van der Waals surface area contributed by atoms with E-state index >= 15 is 0 Å². The molecule has 2 atom stereocenters. The summed E-state index contributed by atoms with van der Waals surface area (Å²) in [6.07, 6.45) is 3.90. The number of carbonyl (C=O) groups is 1. The van der Waals surface area contributed by atoms with E-state index in [1.165, 1.54) is 5.56 Å². The predicted molar refractivity (Wildman–Crippen MR) is 71.2 cm³/mol. The molecule has 1 aromatic heterocycles. The van der Waals surface area contributed by atoms with Gasteiger partial charge in [0.25, 0.3) is 0 Å². The van der Waals surface area contributed by atoms with Crippen molar-refractivity contribution in [3.05, 3.63) is 29.6 Å². The van der Waals surface area contributed by atoms with Gasteiger partial charge in [-0.05, 0) is 38.3 Å². The first-order valence-electron chi connectivity index (χ1n) is 6.58. The molecule has 1 aliphatic carbocycles. The minimum absolute atomic E-state index is 0.141. The number of rotatable bonds is 4. The fourth-order valence-electron chi connectivity index (χ4n) is 2.43. The molecule has 0 radical (unpaired) electrons. The molecule has 1 aliphatic rings. The van der Waals surface area contributed by atoms with Gasteiger partial charge in [-0.15, -0.1) is 0 Å². The van der Waals surface area contributed by atoms with Gasteiger partial charge in [-0.1, -0.05) is 6.07 Å². The highest BCUT2D eigenvalue weighted by Gasteiger charge is 2.27.